The number of rotatable bonds is 7. The van der Waals surface area contributed by atoms with Crippen LogP contribution >= 0.6 is 0 Å². The minimum absolute atomic E-state index is 0.129. The fourth-order valence-corrected chi connectivity index (χ4v) is 4.89. The van der Waals surface area contributed by atoms with E-state index in [1.165, 1.54) is 0 Å². The third-order valence-electron chi connectivity index (χ3n) is 7.32. The molecule has 1 aliphatic heterocycles. The Morgan fingerprint density at radius 3 is 2.31 bits per heavy atom. The van der Waals surface area contributed by atoms with Crippen LogP contribution in [0.15, 0.2) is 71.3 Å². The Kier molecular flexibility index (Phi) is 5.98. The summed E-state index contributed by atoms with van der Waals surface area (Å²) in [6.07, 6.45) is 0.111. The molecule has 9 heteroatoms. The van der Waals surface area contributed by atoms with Gasteiger partial charge in [0.1, 0.15) is 17.5 Å². The van der Waals surface area contributed by atoms with Gasteiger partial charge in [0.05, 0.1) is 5.41 Å². The standard InChI is InChI=1S/C30H26N2O7/c1-17-25(31-29(35)38-18(2)23-4-3-5-24-27(23)37-16-36-24)26(39-32-17)21-8-6-19(7-9-21)20-10-12-22(13-11-20)30(14-15-30)28(33)34/h3-13,18H,14-16H2,1-2H3,(H,31,35)(H,33,34)/t18-/m1/s1. The van der Waals surface area contributed by atoms with Crippen LogP contribution in [0.4, 0.5) is 10.5 Å². The maximum absolute atomic E-state index is 12.8. The summed E-state index contributed by atoms with van der Waals surface area (Å²) in [6.45, 7) is 3.63. The Hall–Kier alpha value is -4.79. The largest absolute Gasteiger partial charge is 0.481 e. The van der Waals surface area contributed by atoms with E-state index in [4.69, 9.17) is 18.7 Å². The monoisotopic (exact) mass is 526 g/mol. The third kappa shape index (κ3) is 4.46. The lowest BCUT2D eigenvalue weighted by atomic mass is 9.93. The molecule has 0 unspecified atom stereocenters. The number of nitrogens with zero attached hydrogens (tertiary/aromatic N) is 1. The number of nitrogens with one attached hydrogen (secondary N) is 1. The molecule has 0 radical (unpaired) electrons. The summed E-state index contributed by atoms with van der Waals surface area (Å²) in [4.78, 5) is 24.4. The van der Waals surface area contributed by atoms with Crippen molar-refractivity contribution in [1.82, 2.24) is 5.16 Å². The lowest BCUT2D eigenvalue weighted by Crippen LogP contribution is -2.19. The molecule has 2 aliphatic rings. The van der Waals surface area contributed by atoms with Crippen LogP contribution in [-0.2, 0) is 14.9 Å². The van der Waals surface area contributed by atoms with E-state index in [-0.39, 0.29) is 6.79 Å². The highest BCUT2D eigenvalue weighted by Gasteiger charge is 2.51. The number of hydrogen-bond donors (Lipinski definition) is 2. The average Bonchev–Trinajstić information content (AvgIpc) is 3.49. The molecule has 1 aliphatic carbocycles. The predicted molar refractivity (Wildman–Crippen MR) is 142 cm³/mol. The van der Waals surface area contributed by atoms with Gasteiger partial charge in [-0.2, -0.15) is 0 Å². The normalized spacial score (nSPS) is 15.4. The summed E-state index contributed by atoms with van der Waals surface area (Å²) in [5.41, 5.74) is 4.42. The molecule has 1 saturated carbocycles. The molecule has 4 aromatic rings. The summed E-state index contributed by atoms with van der Waals surface area (Å²) in [6, 6.07) is 20.7. The van der Waals surface area contributed by atoms with Gasteiger partial charge in [0.25, 0.3) is 0 Å². The quantitative estimate of drug-likeness (QED) is 0.281. The van der Waals surface area contributed by atoms with Crippen molar-refractivity contribution in [3.8, 4) is 33.9 Å². The Morgan fingerprint density at radius 1 is 0.974 bits per heavy atom. The van der Waals surface area contributed by atoms with Crippen molar-refractivity contribution in [2.24, 2.45) is 0 Å². The van der Waals surface area contributed by atoms with Crippen LogP contribution in [0.3, 0.4) is 0 Å². The van der Waals surface area contributed by atoms with Crippen LogP contribution in [0.5, 0.6) is 11.5 Å². The van der Waals surface area contributed by atoms with E-state index < -0.39 is 23.6 Å². The highest BCUT2D eigenvalue weighted by atomic mass is 16.7. The molecular formula is C30H26N2O7. The van der Waals surface area contributed by atoms with Gasteiger partial charge in [-0.3, -0.25) is 10.1 Å². The number of amides is 1. The lowest BCUT2D eigenvalue weighted by molar-refractivity contribution is -0.140. The van der Waals surface area contributed by atoms with Crippen LogP contribution in [0.1, 0.15) is 42.7 Å². The predicted octanol–water partition coefficient (Wildman–Crippen LogP) is 6.47. The smallest absolute Gasteiger partial charge is 0.412 e. The molecule has 198 valence electrons. The molecule has 2 N–H and O–H groups in total. The first-order valence-corrected chi connectivity index (χ1v) is 12.6. The van der Waals surface area contributed by atoms with Gasteiger partial charge in [0.2, 0.25) is 6.79 Å². The van der Waals surface area contributed by atoms with E-state index in [1.807, 2.05) is 60.7 Å². The molecule has 1 fully saturated rings. The molecule has 3 aromatic carbocycles. The van der Waals surface area contributed by atoms with Crippen molar-refractivity contribution in [1.29, 1.82) is 0 Å². The van der Waals surface area contributed by atoms with Crippen molar-refractivity contribution in [3.63, 3.8) is 0 Å². The summed E-state index contributed by atoms with van der Waals surface area (Å²) in [5, 5.41) is 16.3. The van der Waals surface area contributed by atoms with E-state index in [0.717, 1.165) is 22.3 Å². The molecule has 9 nitrogen and oxygen atoms in total. The first kappa shape index (κ1) is 24.5. The molecule has 0 saturated heterocycles. The molecule has 2 heterocycles. The van der Waals surface area contributed by atoms with E-state index >= 15 is 0 Å². The van der Waals surface area contributed by atoms with Gasteiger partial charge >= 0.3 is 12.1 Å². The maximum atomic E-state index is 12.8. The second-order valence-electron chi connectivity index (χ2n) is 9.77. The fraction of sp³-hybridized carbons (Fsp3) is 0.233. The number of aromatic nitrogens is 1. The highest BCUT2D eigenvalue weighted by molar-refractivity contribution is 5.91. The number of carboxylic acid groups (broad SMARTS) is 1. The van der Waals surface area contributed by atoms with Crippen molar-refractivity contribution in [2.75, 3.05) is 12.1 Å². The fourth-order valence-electron chi connectivity index (χ4n) is 4.89. The lowest BCUT2D eigenvalue weighted by Gasteiger charge is -2.16. The Morgan fingerprint density at radius 2 is 1.64 bits per heavy atom. The topological polar surface area (TPSA) is 120 Å². The number of carboxylic acids is 1. The first-order valence-electron chi connectivity index (χ1n) is 12.6. The molecular weight excluding hydrogens is 500 g/mol. The molecule has 1 amide bonds. The number of hydrogen-bond acceptors (Lipinski definition) is 7. The molecule has 0 spiro atoms. The van der Waals surface area contributed by atoms with Crippen LogP contribution in [-0.4, -0.2) is 29.1 Å². The maximum Gasteiger partial charge on any atom is 0.412 e. The van der Waals surface area contributed by atoms with Crippen LogP contribution in [0, 0.1) is 6.92 Å². The zero-order valence-electron chi connectivity index (χ0n) is 21.4. The molecule has 0 bridgehead atoms. The van der Waals surface area contributed by atoms with Gasteiger partial charge in [-0.1, -0.05) is 65.8 Å². The zero-order valence-corrected chi connectivity index (χ0v) is 21.4. The number of aliphatic carboxylic acids is 1. The minimum atomic E-state index is -0.767. The van der Waals surface area contributed by atoms with Crippen LogP contribution in [0.2, 0.25) is 0 Å². The number of fused-ring (bicyclic) bond motifs is 1. The number of anilines is 1. The van der Waals surface area contributed by atoms with Gasteiger partial charge in [-0.15, -0.1) is 0 Å². The summed E-state index contributed by atoms with van der Waals surface area (Å²) in [7, 11) is 0. The second kappa shape index (κ2) is 9.50. The molecule has 6 rings (SSSR count). The number of para-hydroxylation sites is 1. The van der Waals surface area contributed by atoms with Gasteiger partial charge in [-0.25, -0.2) is 4.79 Å². The van der Waals surface area contributed by atoms with Gasteiger partial charge in [-0.05, 0) is 49.4 Å². The van der Waals surface area contributed by atoms with Crippen molar-refractivity contribution < 1.29 is 33.4 Å². The van der Waals surface area contributed by atoms with Crippen molar-refractivity contribution in [2.45, 2.75) is 38.2 Å². The van der Waals surface area contributed by atoms with E-state index in [9.17, 15) is 14.7 Å². The van der Waals surface area contributed by atoms with Gasteiger partial charge in [0.15, 0.2) is 17.3 Å². The molecule has 1 atom stereocenters. The van der Waals surface area contributed by atoms with Crippen LogP contribution < -0.4 is 14.8 Å². The highest BCUT2D eigenvalue weighted by Crippen LogP contribution is 2.48. The average molecular weight is 527 g/mol. The number of carbonyl (C=O) groups is 2. The van der Waals surface area contributed by atoms with Crippen molar-refractivity contribution >= 4 is 17.7 Å². The third-order valence-corrected chi connectivity index (χ3v) is 7.32. The van der Waals surface area contributed by atoms with Crippen LogP contribution in [0.25, 0.3) is 22.5 Å². The number of carbonyl (C=O) groups excluding carboxylic acids is 1. The summed E-state index contributed by atoms with van der Waals surface area (Å²) in [5.74, 6) is 0.834. The van der Waals surface area contributed by atoms with Crippen molar-refractivity contribution in [3.05, 3.63) is 83.6 Å². The Bertz CT molecular complexity index is 1550. The second-order valence-corrected chi connectivity index (χ2v) is 9.77. The van der Waals surface area contributed by atoms with E-state index in [0.29, 0.717) is 47.0 Å². The van der Waals surface area contributed by atoms with Gasteiger partial charge in [0, 0.05) is 11.1 Å². The zero-order chi connectivity index (χ0) is 27.1. The Labute approximate surface area is 224 Å². The van der Waals surface area contributed by atoms with Gasteiger partial charge < -0.3 is 23.8 Å². The SMILES string of the molecule is Cc1noc(-c2ccc(-c3ccc(C4(C(=O)O)CC4)cc3)cc2)c1NC(=O)O[C@H](C)c1cccc2c1OCO2. The Balaban J connectivity index is 1.16. The minimum Gasteiger partial charge on any atom is -0.481 e. The summed E-state index contributed by atoms with van der Waals surface area (Å²) < 4.78 is 22.1. The number of aryl methyl sites for hydroxylation is 1. The number of benzene rings is 3. The van der Waals surface area contributed by atoms with E-state index in [2.05, 4.69) is 10.5 Å². The summed E-state index contributed by atoms with van der Waals surface area (Å²) >= 11 is 0. The number of ether oxygens (including phenoxy) is 3. The van der Waals surface area contributed by atoms with E-state index in [1.54, 1.807) is 19.9 Å². The molecule has 1 aromatic heterocycles. The molecule has 39 heavy (non-hydrogen) atoms. The first-order chi connectivity index (χ1) is 18.9.